The van der Waals surface area contributed by atoms with Crippen LogP contribution in [0.25, 0.3) is 10.2 Å². The van der Waals surface area contributed by atoms with Crippen LogP contribution in [0, 0.1) is 10.1 Å². The van der Waals surface area contributed by atoms with E-state index in [4.69, 9.17) is 4.74 Å². The van der Waals surface area contributed by atoms with Crippen LogP contribution in [0.1, 0.15) is 10.4 Å². The molecule has 0 atom stereocenters. The fraction of sp³-hybridized carbons (Fsp3) is 0.0667. The first-order valence-electron chi connectivity index (χ1n) is 6.68. The third-order valence-corrected chi connectivity index (χ3v) is 4.82. The number of nitrogens with one attached hydrogen (secondary N) is 1. The maximum atomic E-state index is 12.3. The number of hydrogen-bond donors (Lipinski definition) is 1. The number of amides is 1. The highest BCUT2D eigenvalue weighted by Crippen LogP contribution is 2.36. The number of carbonyl (C=O) groups excluding carboxylic acids is 1. The van der Waals surface area contributed by atoms with Crippen LogP contribution in [0.15, 0.2) is 40.9 Å². The number of methoxy groups -OCH3 is 1. The number of hydrogen-bond acceptors (Lipinski definition) is 6. The number of halogens is 1. The van der Waals surface area contributed by atoms with Crippen molar-refractivity contribution in [3.63, 3.8) is 0 Å². The minimum absolute atomic E-state index is 0.0910. The summed E-state index contributed by atoms with van der Waals surface area (Å²) in [5, 5.41) is 14.0. The second-order valence-corrected chi connectivity index (χ2v) is 6.59. The lowest BCUT2D eigenvalue weighted by molar-refractivity contribution is -0.384. The van der Waals surface area contributed by atoms with Gasteiger partial charge in [-0.25, -0.2) is 4.98 Å². The minimum Gasteiger partial charge on any atom is -0.494 e. The Kier molecular flexibility index (Phi) is 4.45. The lowest BCUT2D eigenvalue weighted by Crippen LogP contribution is -2.12. The molecule has 0 unspecified atom stereocenters. The van der Waals surface area contributed by atoms with E-state index in [1.165, 1.54) is 19.2 Å². The molecule has 3 aromatic rings. The summed E-state index contributed by atoms with van der Waals surface area (Å²) in [5.41, 5.74) is 0.844. The van der Waals surface area contributed by atoms with Crippen molar-refractivity contribution in [2.24, 2.45) is 0 Å². The van der Waals surface area contributed by atoms with Gasteiger partial charge in [-0.3, -0.25) is 20.2 Å². The van der Waals surface area contributed by atoms with E-state index in [1.54, 1.807) is 18.2 Å². The highest BCUT2D eigenvalue weighted by Gasteiger charge is 2.18. The molecule has 3 rings (SSSR count). The summed E-state index contributed by atoms with van der Waals surface area (Å²) in [4.78, 5) is 27.1. The van der Waals surface area contributed by atoms with Gasteiger partial charge >= 0.3 is 0 Å². The largest absolute Gasteiger partial charge is 0.494 e. The molecule has 0 bridgehead atoms. The van der Waals surface area contributed by atoms with Gasteiger partial charge in [0, 0.05) is 10.5 Å². The summed E-state index contributed by atoms with van der Waals surface area (Å²) in [6.45, 7) is 0. The number of rotatable bonds is 4. The van der Waals surface area contributed by atoms with Crippen LogP contribution < -0.4 is 10.1 Å². The predicted octanol–water partition coefficient (Wildman–Crippen LogP) is 4.23. The molecule has 7 nitrogen and oxygen atoms in total. The number of nitro benzene ring substituents is 1. The van der Waals surface area contributed by atoms with Gasteiger partial charge in [0.05, 0.1) is 28.4 Å². The standard InChI is InChI=1S/C15H10BrN3O4S/c1-23-11-6-8(19(21)22)7-12-13(11)17-15(24-12)18-14(20)9-4-2-3-5-10(9)16/h2-7H,1H3,(H,17,18,20). The molecule has 1 aromatic heterocycles. The predicted molar refractivity (Wildman–Crippen MR) is 94.9 cm³/mol. The first-order chi connectivity index (χ1) is 11.5. The molecule has 0 saturated carbocycles. The summed E-state index contributed by atoms with van der Waals surface area (Å²) in [6, 6.07) is 9.72. The number of nitrogens with zero attached hydrogens (tertiary/aromatic N) is 2. The Morgan fingerprint density at radius 2 is 2.12 bits per heavy atom. The van der Waals surface area contributed by atoms with Gasteiger partial charge in [-0.15, -0.1) is 0 Å². The molecule has 0 aliphatic carbocycles. The zero-order chi connectivity index (χ0) is 17.3. The summed E-state index contributed by atoms with van der Waals surface area (Å²) in [6.07, 6.45) is 0. The fourth-order valence-electron chi connectivity index (χ4n) is 2.11. The van der Waals surface area contributed by atoms with E-state index in [9.17, 15) is 14.9 Å². The van der Waals surface area contributed by atoms with Crippen molar-refractivity contribution in [1.29, 1.82) is 0 Å². The first-order valence-corrected chi connectivity index (χ1v) is 8.29. The normalized spacial score (nSPS) is 10.6. The Balaban J connectivity index is 1.98. The zero-order valence-electron chi connectivity index (χ0n) is 12.3. The number of thiazole rings is 1. The Hall–Kier alpha value is -2.52. The second-order valence-electron chi connectivity index (χ2n) is 4.70. The Morgan fingerprint density at radius 3 is 2.79 bits per heavy atom. The van der Waals surface area contributed by atoms with Crippen molar-refractivity contribution in [2.75, 3.05) is 12.4 Å². The fourth-order valence-corrected chi connectivity index (χ4v) is 3.49. The van der Waals surface area contributed by atoms with Gasteiger partial charge in [0.15, 0.2) is 10.9 Å². The molecule has 122 valence electrons. The van der Waals surface area contributed by atoms with Crippen molar-refractivity contribution in [1.82, 2.24) is 4.98 Å². The lowest BCUT2D eigenvalue weighted by atomic mass is 10.2. The van der Waals surface area contributed by atoms with E-state index in [0.717, 1.165) is 11.3 Å². The second kappa shape index (κ2) is 6.54. The molecule has 0 aliphatic heterocycles. The van der Waals surface area contributed by atoms with Crippen LogP contribution >= 0.6 is 27.3 Å². The van der Waals surface area contributed by atoms with Gasteiger partial charge < -0.3 is 4.74 Å². The van der Waals surface area contributed by atoms with Gasteiger partial charge in [-0.2, -0.15) is 0 Å². The van der Waals surface area contributed by atoms with Crippen molar-refractivity contribution in [3.05, 3.63) is 56.5 Å². The molecule has 1 heterocycles. The molecule has 0 radical (unpaired) electrons. The van der Waals surface area contributed by atoms with E-state index < -0.39 is 4.92 Å². The average Bonchev–Trinajstić information content (AvgIpc) is 2.96. The zero-order valence-corrected chi connectivity index (χ0v) is 14.7. The number of ether oxygens (including phenoxy) is 1. The van der Waals surface area contributed by atoms with Crippen molar-refractivity contribution < 1.29 is 14.5 Å². The third-order valence-electron chi connectivity index (χ3n) is 3.21. The van der Waals surface area contributed by atoms with Crippen molar-refractivity contribution >= 4 is 54.2 Å². The maximum Gasteiger partial charge on any atom is 0.274 e. The van der Waals surface area contributed by atoms with Crippen LogP contribution in [-0.2, 0) is 0 Å². The number of benzene rings is 2. The minimum atomic E-state index is -0.499. The topological polar surface area (TPSA) is 94.4 Å². The molecule has 2 aromatic carbocycles. The van der Waals surface area contributed by atoms with E-state index in [1.807, 2.05) is 6.07 Å². The molecule has 1 amide bonds. The summed E-state index contributed by atoms with van der Waals surface area (Å²) >= 11 is 4.46. The summed E-state index contributed by atoms with van der Waals surface area (Å²) in [7, 11) is 1.41. The van der Waals surface area contributed by atoms with Gasteiger partial charge in [-0.05, 0) is 28.1 Å². The molecule has 0 fully saturated rings. The molecule has 0 spiro atoms. The Morgan fingerprint density at radius 1 is 1.38 bits per heavy atom. The van der Waals surface area contributed by atoms with Crippen LogP contribution in [0.2, 0.25) is 0 Å². The molecular formula is C15H10BrN3O4S. The molecule has 0 aliphatic rings. The summed E-state index contributed by atoms with van der Waals surface area (Å²) in [5.74, 6) is -0.0353. The van der Waals surface area contributed by atoms with E-state index in [0.29, 0.717) is 25.4 Å². The number of nitro groups is 1. The number of fused-ring (bicyclic) bond motifs is 1. The summed E-state index contributed by atoms with van der Waals surface area (Å²) < 4.78 is 6.38. The quantitative estimate of drug-likeness (QED) is 0.515. The number of aromatic nitrogens is 1. The average molecular weight is 408 g/mol. The van der Waals surface area contributed by atoms with E-state index in [-0.39, 0.29) is 17.3 Å². The van der Waals surface area contributed by atoms with Gasteiger partial charge in [-0.1, -0.05) is 23.5 Å². The van der Waals surface area contributed by atoms with Crippen LogP contribution in [0.4, 0.5) is 10.8 Å². The maximum absolute atomic E-state index is 12.3. The molecule has 24 heavy (non-hydrogen) atoms. The van der Waals surface area contributed by atoms with Gasteiger partial charge in [0.1, 0.15) is 5.52 Å². The Bertz CT molecular complexity index is 957. The number of carbonyl (C=O) groups is 1. The molecule has 0 saturated heterocycles. The highest BCUT2D eigenvalue weighted by atomic mass is 79.9. The van der Waals surface area contributed by atoms with Crippen LogP contribution in [0.3, 0.4) is 0 Å². The smallest absolute Gasteiger partial charge is 0.274 e. The lowest BCUT2D eigenvalue weighted by Gasteiger charge is -2.03. The van der Waals surface area contributed by atoms with Crippen LogP contribution in [0.5, 0.6) is 5.75 Å². The highest BCUT2D eigenvalue weighted by molar-refractivity contribution is 9.10. The molecule has 9 heteroatoms. The number of non-ortho nitro benzene ring substituents is 1. The first kappa shape index (κ1) is 16.3. The van der Waals surface area contributed by atoms with Gasteiger partial charge in [0.2, 0.25) is 0 Å². The van der Waals surface area contributed by atoms with Crippen molar-refractivity contribution in [2.45, 2.75) is 0 Å². The van der Waals surface area contributed by atoms with Crippen LogP contribution in [-0.4, -0.2) is 22.9 Å². The third kappa shape index (κ3) is 3.08. The van der Waals surface area contributed by atoms with E-state index in [2.05, 4.69) is 26.2 Å². The monoisotopic (exact) mass is 407 g/mol. The molecular weight excluding hydrogens is 398 g/mol. The van der Waals surface area contributed by atoms with Crippen molar-refractivity contribution in [3.8, 4) is 5.75 Å². The van der Waals surface area contributed by atoms with E-state index >= 15 is 0 Å². The Labute approximate surface area is 148 Å². The number of anilines is 1. The SMILES string of the molecule is COc1cc([N+](=O)[O-])cc2sc(NC(=O)c3ccccc3Br)nc12. The van der Waals surface area contributed by atoms with Gasteiger partial charge in [0.25, 0.3) is 11.6 Å². The molecule has 1 N–H and O–H groups in total.